The Morgan fingerprint density at radius 3 is 1.41 bits per heavy atom. The molecule has 0 aliphatic heterocycles. The summed E-state index contributed by atoms with van der Waals surface area (Å²) in [5.74, 6) is -1.19. The van der Waals surface area contributed by atoms with E-state index in [9.17, 15) is 44.6 Å². The topological polar surface area (TPSA) is 210 Å². The number of ether oxygens (including phenoxy) is 2. The predicted octanol–water partition coefficient (Wildman–Crippen LogP) is 8.50. The molecule has 1 aliphatic carbocycles. The van der Waals surface area contributed by atoms with E-state index < -0.39 is 75.7 Å². The van der Waals surface area contributed by atoms with Crippen molar-refractivity contribution < 1.29 is 63.1 Å². The second kappa shape index (κ2) is 36.5. The lowest BCUT2D eigenvalue weighted by molar-refractivity contribution is -0.220. The summed E-state index contributed by atoms with van der Waals surface area (Å²) in [6.07, 6.45) is 33.5. The molecule has 1 rings (SSSR count). The van der Waals surface area contributed by atoms with E-state index in [1.165, 1.54) is 19.3 Å². The molecule has 0 heterocycles. The van der Waals surface area contributed by atoms with Crippen LogP contribution in [0.5, 0.6) is 0 Å². The molecule has 0 aromatic heterocycles. The van der Waals surface area contributed by atoms with E-state index in [-0.39, 0.29) is 12.8 Å². The molecule has 0 aromatic rings. The van der Waals surface area contributed by atoms with Crippen LogP contribution in [0, 0.1) is 0 Å². The van der Waals surface area contributed by atoms with Gasteiger partial charge in [-0.05, 0) is 89.9 Å². The molecule has 0 aromatic carbocycles. The highest BCUT2D eigenvalue weighted by Crippen LogP contribution is 2.47. The first kappa shape index (κ1) is 56.0. The number of carbonyl (C=O) groups is 2. The average molecular weight is 881 g/mol. The SMILES string of the molecule is CCC/C=C/C/C=C/C/C=C/C/C=C/CCCCCC(=O)O[C@H](COC(=O)CCCC/C=C/C/C=C/C/C=C/CCCCC)COP(=O)(O)OC1C(O)C(O)C(O)[C@H](O)C1O. The van der Waals surface area contributed by atoms with Gasteiger partial charge >= 0.3 is 19.8 Å². The third kappa shape index (κ3) is 29.1. The standard InChI is InChI=1S/C47H77O13P/c1-3-5-7-9-11-13-15-17-19-20-22-24-26-28-30-32-34-36-41(49)59-39(38-58-61(55,56)60-47-45(53)43(51)42(50)44(52)46(47)54)37-57-40(48)35-33-31-29-27-25-23-21-18-16-14-12-10-8-6-4-2/h7,9,12-15,18-21,24-27,39,42-47,50-54H,3-6,8,10-11,16-17,22-23,28-38H2,1-2H3,(H,55,56)/b9-7+,14-12+,15-13+,20-19+,21-18+,26-24+,27-25+/t39-,42?,43+,44?,45?,46?,47?/m1/s1. The van der Waals surface area contributed by atoms with Gasteiger partial charge in [0.05, 0.1) is 6.61 Å². The van der Waals surface area contributed by atoms with Gasteiger partial charge in [0, 0.05) is 12.8 Å². The highest BCUT2D eigenvalue weighted by atomic mass is 31.2. The van der Waals surface area contributed by atoms with Crippen LogP contribution in [0.3, 0.4) is 0 Å². The summed E-state index contributed by atoms with van der Waals surface area (Å²) in [5, 5.41) is 50.1. The van der Waals surface area contributed by atoms with Crippen LogP contribution >= 0.6 is 7.82 Å². The van der Waals surface area contributed by atoms with Crippen LogP contribution in [-0.4, -0.2) is 98.3 Å². The fraction of sp³-hybridized carbons (Fsp3) is 0.660. The van der Waals surface area contributed by atoms with Crippen LogP contribution in [0.15, 0.2) is 85.1 Å². The Labute approximate surface area is 365 Å². The first-order valence-electron chi connectivity index (χ1n) is 22.4. The summed E-state index contributed by atoms with van der Waals surface area (Å²) in [6.45, 7) is 3.12. The quantitative estimate of drug-likeness (QED) is 0.0153. The summed E-state index contributed by atoms with van der Waals surface area (Å²) >= 11 is 0. The zero-order valence-corrected chi connectivity index (χ0v) is 37.6. The molecule has 14 heteroatoms. The van der Waals surface area contributed by atoms with Gasteiger partial charge in [-0.1, -0.05) is 125 Å². The fourth-order valence-electron chi connectivity index (χ4n) is 6.05. The van der Waals surface area contributed by atoms with Gasteiger partial charge in [0.2, 0.25) is 0 Å². The largest absolute Gasteiger partial charge is 0.472 e. The van der Waals surface area contributed by atoms with Gasteiger partial charge in [0.15, 0.2) is 6.10 Å². The van der Waals surface area contributed by atoms with Crippen LogP contribution in [0.1, 0.15) is 142 Å². The smallest absolute Gasteiger partial charge is 0.462 e. The molecule has 6 unspecified atom stereocenters. The lowest BCUT2D eigenvalue weighted by atomic mass is 9.85. The fourth-order valence-corrected chi connectivity index (χ4v) is 7.02. The molecule has 1 fully saturated rings. The third-order valence-electron chi connectivity index (χ3n) is 9.69. The molecule has 61 heavy (non-hydrogen) atoms. The molecular formula is C47H77O13P. The van der Waals surface area contributed by atoms with Gasteiger partial charge in [0.25, 0.3) is 0 Å². The summed E-state index contributed by atoms with van der Waals surface area (Å²) in [7, 11) is -5.14. The van der Waals surface area contributed by atoms with E-state index in [1.54, 1.807) is 0 Å². The number of allylic oxidation sites excluding steroid dienone is 14. The van der Waals surface area contributed by atoms with Gasteiger partial charge in [-0.25, -0.2) is 4.57 Å². The minimum atomic E-state index is -5.14. The normalized spacial score (nSPS) is 22.8. The van der Waals surface area contributed by atoms with Crippen molar-refractivity contribution in [2.45, 2.75) is 185 Å². The lowest BCUT2D eigenvalue weighted by Crippen LogP contribution is -2.64. The molecule has 1 aliphatic rings. The number of phosphoric ester groups is 1. The Morgan fingerprint density at radius 1 is 0.508 bits per heavy atom. The number of unbranched alkanes of at least 4 members (excludes halogenated alkanes) is 9. The van der Waals surface area contributed by atoms with Crippen molar-refractivity contribution in [3.63, 3.8) is 0 Å². The lowest BCUT2D eigenvalue weighted by Gasteiger charge is -2.41. The van der Waals surface area contributed by atoms with E-state index in [2.05, 4.69) is 98.9 Å². The van der Waals surface area contributed by atoms with E-state index in [1.807, 2.05) is 0 Å². The van der Waals surface area contributed by atoms with Crippen molar-refractivity contribution >= 4 is 19.8 Å². The summed E-state index contributed by atoms with van der Waals surface area (Å²) < 4.78 is 33.4. The maximum absolute atomic E-state index is 12.8. The van der Waals surface area contributed by atoms with Gasteiger partial charge in [-0.15, -0.1) is 0 Å². The van der Waals surface area contributed by atoms with Crippen LogP contribution in [-0.2, 0) is 32.7 Å². The van der Waals surface area contributed by atoms with Gasteiger partial charge in [-0.3, -0.25) is 18.6 Å². The molecule has 0 bridgehead atoms. The first-order valence-corrected chi connectivity index (χ1v) is 23.9. The average Bonchev–Trinajstić information content (AvgIpc) is 3.24. The number of aliphatic hydroxyl groups is 5. The second-order valence-electron chi connectivity index (χ2n) is 15.2. The number of carbonyl (C=O) groups excluding carboxylic acids is 2. The number of hydrogen-bond donors (Lipinski definition) is 6. The van der Waals surface area contributed by atoms with E-state index in [0.717, 1.165) is 83.5 Å². The summed E-state index contributed by atoms with van der Waals surface area (Å²) in [5.41, 5.74) is 0. The first-order chi connectivity index (χ1) is 29.4. The second-order valence-corrected chi connectivity index (χ2v) is 16.6. The minimum absolute atomic E-state index is 0.0458. The van der Waals surface area contributed by atoms with Gasteiger partial charge in [-0.2, -0.15) is 0 Å². The van der Waals surface area contributed by atoms with Crippen LogP contribution in [0.4, 0.5) is 0 Å². The molecule has 0 spiro atoms. The summed E-state index contributed by atoms with van der Waals surface area (Å²) in [4.78, 5) is 35.6. The van der Waals surface area contributed by atoms with Gasteiger partial charge in [0.1, 0.15) is 43.2 Å². The predicted molar refractivity (Wildman–Crippen MR) is 239 cm³/mol. The van der Waals surface area contributed by atoms with Crippen molar-refractivity contribution in [1.29, 1.82) is 0 Å². The molecular weight excluding hydrogens is 803 g/mol. The number of aliphatic hydroxyl groups excluding tert-OH is 5. The molecule has 13 nitrogen and oxygen atoms in total. The molecule has 0 radical (unpaired) electrons. The molecule has 0 amide bonds. The maximum Gasteiger partial charge on any atom is 0.472 e. The van der Waals surface area contributed by atoms with Crippen molar-refractivity contribution in [3.05, 3.63) is 85.1 Å². The zero-order valence-electron chi connectivity index (χ0n) is 36.7. The monoisotopic (exact) mass is 881 g/mol. The van der Waals surface area contributed by atoms with Crippen LogP contribution in [0.25, 0.3) is 0 Å². The van der Waals surface area contributed by atoms with E-state index >= 15 is 0 Å². The maximum atomic E-state index is 12.8. The van der Waals surface area contributed by atoms with E-state index in [0.29, 0.717) is 12.8 Å². The minimum Gasteiger partial charge on any atom is -0.462 e. The molecule has 1 saturated carbocycles. The Morgan fingerprint density at radius 2 is 0.918 bits per heavy atom. The highest BCUT2D eigenvalue weighted by Gasteiger charge is 2.51. The van der Waals surface area contributed by atoms with Crippen molar-refractivity contribution in [3.8, 4) is 0 Å². The van der Waals surface area contributed by atoms with Crippen LogP contribution < -0.4 is 0 Å². The van der Waals surface area contributed by atoms with Crippen molar-refractivity contribution in [2.75, 3.05) is 13.2 Å². The number of rotatable bonds is 35. The zero-order chi connectivity index (χ0) is 45.0. The third-order valence-corrected chi connectivity index (χ3v) is 10.7. The Kier molecular flexibility index (Phi) is 33.5. The molecule has 8 atom stereocenters. The van der Waals surface area contributed by atoms with Gasteiger partial charge < -0.3 is 39.9 Å². The molecule has 0 saturated heterocycles. The Balaban J connectivity index is 2.54. The Bertz CT molecular complexity index is 1390. The highest BCUT2D eigenvalue weighted by molar-refractivity contribution is 7.47. The van der Waals surface area contributed by atoms with Crippen LogP contribution in [0.2, 0.25) is 0 Å². The number of phosphoric acid groups is 1. The number of hydrogen-bond acceptors (Lipinski definition) is 12. The molecule has 6 N–H and O–H groups in total. The molecule has 348 valence electrons. The Hall–Kier alpha value is -2.97. The number of esters is 2. The van der Waals surface area contributed by atoms with Crippen molar-refractivity contribution in [1.82, 2.24) is 0 Å². The summed E-state index contributed by atoms with van der Waals surface area (Å²) in [6, 6.07) is 0. The van der Waals surface area contributed by atoms with E-state index in [4.69, 9.17) is 18.5 Å². The van der Waals surface area contributed by atoms with Crippen molar-refractivity contribution in [2.24, 2.45) is 0 Å².